The van der Waals surface area contributed by atoms with E-state index in [9.17, 15) is 9.59 Å². The highest BCUT2D eigenvalue weighted by molar-refractivity contribution is 7.18. The summed E-state index contributed by atoms with van der Waals surface area (Å²) < 4.78 is 1.18. The number of hydrogen-bond donors (Lipinski definition) is 2. The first-order valence-corrected chi connectivity index (χ1v) is 11.2. The van der Waals surface area contributed by atoms with E-state index in [0.717, 1.165) is 62.0 Å². The molecule has 0 radical (unpaired) electrons. The minimum Gasteiger partial charge on any atom is -0.335 e. The van der Waals surface area contributed by atoms with E-state index in [-0.39, 0.29) is 30.6 Å². The van der Waals surface area contributed by atoms with Gasteiger partial charge in [0.1, 0.15) is 5.01 Å². The topological polar surface area (TPSA) is 74.3 Å². The molecule has 1 saturated heterocycles. The van der Waals surface area contributed by atoms with Gasteiger partial charge in [0.05, 0.1) is 22.8 Å². The number of fused-ring (bicyclic) bond motifs is 1. The van der Waals surface area contributed by atoms with E-state index in [1.807, 2.05) is 18.2 Å². The average molecular weight is 401 g/mol. The number of thiazole rings is 1. The first-order valence-electron chi connectivity index (χ1n) is 10.4. The third-order valence-corrected chi connectivity index (χ3v) is 6.89. The van der Waals surface area contributed by atoms with Gasteiger partial charge in [-0.3, -0.25) is 15.0 Å². The van der Waals surface area contributed by atoms with Gasteiger partial charge in [0.2, 0.25) is 5.91 Å². The molecule has 2 aliphatic rings. The van der Waals surface area contributed by atoms with Crippen LogP contribution in [0.4, 0.5) is 4.79 Å². The molecule has 1 aromatic heterocycles. The van der Waals surface area contributed by atoms with Crippen LogP contribution in [0.15, 0.2) is 24.3 Å². The Labute approximate surface area is 169 Å². The zero-order chi connectivity index (χ0) is 19.3. The van der Waals surface area contributed by atoms with Crippen molar-refractivity contribution in [3.05, 3.63) is 29.3 Å². The molecule has 2 fully saturated rings. The Morgan fingerprint density at radius 2 is 1.86 bits per heavy atom. The number of imide groups is 1. The number of piperidine rings is 1. The van der Waals surface area contributed by atoms with Crippen LogP contribution in [0.5, 0.6) is 0 Å². The van der Waals surface area contributed by atoms with Crippen LogP contribution >= 0.6 is 11.3 Å². The lowest BCUT2D eigenvalue weighted by Gasteiger charge is -2.33. The van der Waals surface area contributed by atoms with E-state index in [4.69, 9.17) is 4.98 Å². The highest BCUT2D eigenvalue weighted by atomic mass is 32.1. The van der Waals surface area contributed by atoms with Crippen molar-refractivity contribution < 1.29 is 9.59 Å². The van der Waals surface area contributed by atoms with Gasteiger partial charge >= 0.3 is 6.03 Å². The van der Waals surface area contributed by atoms with Gasteiger partial charge < -0.3 is 5.32 Å². The number of carbonyl (C=O) groups excluding carboxylic acids is 2. The Balaban J connectivity index is 1.36. The van der Waals surface area contributed by atoms with Crippen molar-refractivity contribution >= 4 is 33.5 Å². The molecule has 0 spiro atoms. The van der Waals surface area contributed by atoms with Crippen molar-refractivity contribution in [3.8, 4) is 0 Å². The van der Waals surface area contributed by atoms with E-state index in [2.05, 4.69) is 21.6 Å². The molecule has 1 aliphatic carbocycles. The van der Waals surface area contributed by atoms with Gasteiger partial charge in [-0.25, -0.2) is 9.78 Å². The molecule has 1 atom stereocenters. The zero-order valence-electron chi connectivity index (χ0n) is 16.2. The molecule has 6 nitrogen and oxygen atoms in total. The highest BCUT2D eigenvalue weighted by Gasteiger charge is 2.28. The third kappa shape index (κ3) is 4.70. The smallest absolute Gasteiger partial charge is 0.321 e. The van der Waals surface area contributed by atoms with Crippen molar-refractivity contribution in [1.82, 2.24) is 20.5 Å². The van der Waals surface area contributed by atoms with Crippen LogP contribution in [0.3, 0.4) is 0 Å². The van der Waals surface area contributed by atoms with Gasteiger partial charge in [-0.2, -0.15) is 0 Å². The molecule has 2 aromatic rings. The maximum atomic E-state index is 12.5. The number of benzene rings is 1. The van der Waals surface area contributed by atoms with Crippen molar-refractivity contribution in [2.45, 2.75) is 63.5 Å². The monoisotopic (exact) mass is 400 g/mol. The number of urea groups is 1. The Morgan fingerprint density at radius 3 is 2.68 bits per heavy atom. The number of hydrogen-bond acceptors (Lipinski definition) is 5. The molecule has 7 heteroatoms. The van der Waals surface area contributed by atoms with Crippen LogP contribution in [0.2, 0.25) is 0 Å². The van der Waals surface area contributed by atoms with Crippen LogP contribution in [-0.2, 0) is 4.79 Å². The van der Waals surface area contributed by atoms with Gasteiger partial charge in [0.15, 0.2) is 0 Å². The minimum atomic E-state index is -0.356. The molecule has 1 aliphatic heterocycles. The number of likely N-dealkylation sites (tertiary alicyclic amines) is 1. The predicted molar refractivity (Wildman–Crippen MR) is 111 cm³/mol. The molecule has 150 valence electrons. The Bertz CT molecular complexity index is 798. The van der Waals surface area contributed by atoms with Crippen LogP contribution in [-0.4, -0.2) is 41.0 Å². The maximum Gasteiger partial charge on any atom is 0.321 e. The number of nitrogens with zero attached hydrogens (tertiary/aromatic N) is 2. The van der Waals surface area contributed by atoms with Gasteiger partial charge in [-0.15, -0.1) is 11.3 Å². The summed E-state index contributed by atoms with van der Waals surface area (Å²) in [4.78, 5) is 31.6. The van der Waals surface area contributed by atoms with E-state index >= 15 is 0 Å². The quantitative estimate of drug-likeness (QED) is 0.814. The van der Waals surface area contributed by atoms with E-state index < -0.39 is 0 Å². The van der Waals surface area contributed by atoms with Crippen LogP contribution in [0, 0.1) is 0 Å². The SMILES string of the molecule is O=C(CN1CCCC[C@@H]1c1nc2ccccc2s1)NC(=O)NC1CCCCC1. The molecule has 3 amide bonds. The van der Waals surface area contributed by atoms with Crippen molar-refractivity contribution in [3.63, 3.8) is 0 Å². The second-order valence-corrected chi connectivity index (χ2v) is 8.92. The number of carbonyl (C=O) groups is 2. The first kappa shape index (κ1) is 19.3. The summed E-state index contributed by atoms with van der Waals surface area (Å²) in [6.07, 6.45) is 8.76. The van der Waals surface area contributed by atoms with Gasteiger partial charge in [0.25, 0.3) is 0 Å². The largest absolute Gasteiger partial charge is 0.335 e. The molecular formula is C21H28N4O2S. The molecule has 28 heavy (non-hydrogen) atoms. The van der Waals surface area contributed by atoms with Crippen LogP contribution < -0.4 is 10.6 Å². The lowest BCUT2D eigenvalue weighted by molar-refractivity contribution is -0.122. The lowest BCUT2D eigenvalue weighted by Crippen LogP contribution is -2.49. The summed E-state index contributed by atoms with van der Waals surface area (Å²) >= 11 is 1.71. The van der Waals surface area contributed by atoms with Crippen molar-refractivity contribution in [2.75, 3.05) is 13.1 Å². The summed E-state index contributed by atoms with van der Waals surface area (Å²) in [5, 5.41) is 6.54. The van der Waals surface area contributed by atoms with Crippen LogP contribution in [0.25, 0.3) is 10.2 Å². The Morgan fingerprint density at radius 1 is 1.07 bits per heavy atom. The lowest BCUT2D eigenvalue weighted by atomic mass is 9.96. The number of nitrogens with one attached hydrogen (secondary N) is 2. The Kier molecular flexibility index (Phi) is 6.22. The molecule has 0 bridgehead atoms. The molecular weight excluding hydrogens is 372 g/mol. The molecule has 2 heterocycles. The normalized spacial score (nSPS) is 21.5. The zero-order valence-corrected chi connectivity index (χ0v) is 17.0. The summed E-state index contributed by atoms with van der Waals surface area (Å²) in [5.41, 5.74) is 1.02. The number of rotatable bonds is 4. The van der Waals surface area contributed by atoms with Gasteiger partial charge in [-0.05, 0) is 44.4 Å². The number of amides is 3. The summed E-state index contributed by atoms with van der Waals surface area (Å²) in [7, 11) is 0. The number of para-hydroxylation sites is 1. The van der Waals surface area contributed by atoms with E-state index in [0.29, 0.717) is 0 Å². The molecule has 4 rings (SSSR count). The van der Waals surface area contributed by atoms with Crippen LogP contribution in [0.1, 0.15) is 62.4 Å². The second-order valence-electron chi connectivity index (χ2n) is 7.86. The summed E-state index contributed by atoms with van der Waals surface area (Å²) in [6.45, 7) is 1.09. The molecule has 1 saturated carbocycles. The maximum absolute atomic E-state index is 12.5. The highest BCUT2D eigenvalue weighted by Crippen LogP contribution is 2.35. The number of aromatic nitrogens is 1. The minimum absolute atomic E-state index is 0.151. The Hall–Kier alpha value is -1.99. The standard InChI is InChI=1S/C21H28N4O2S/c26-19(24-21(27)22-15-8-2-1-3-9-15)14-25-13-7-6-11-17(25)20-23-16-10-4-5-12-18(16)28-20/h4-5,10,12,15,17H,1-3,6-9,11,13-14H2,(H2,22,24,26,27)/t17-/m1/s1. The predicted octanol–water partition coefficient (Wildman–Crippen LogP) is 3.98. The van der Waals surface area contributed by atoms with E-state index in [1.54, 1.807) is 11.3 Å². The van der Waals surface area contributed by atoms with Crippen molar-refractivity contribution in [1.29, 1.82) is 0 Å². The molecule has 1 aromatic carbocycles. The first-order chi connectivity index (χ1) is 13.7. The fourth-order valence-electron chi connectivity index (χ4n) is 4.31. The van der Waals surface area contributed by atoms with E-state index in [1.165, 1.54) is 11.1 Å². The third-order valence-electron chi connectivity index (χ3n) is 5.75. The average Bonchev–Trinajstić information content (AvgIpc) is 3.13. The fourth-order valence-corrected chi connectivity index (χ4v) is 5.45. The van der Waals surface area contributed by atoms with Gasteiger partial charge in [0, 0.05) is 6.04 Å². The van der Waals surface area contributed by atoms with Gasteiger partial charge in [-0.1, -0.05) is 37.8 Å². The molecule has 2 N–H and O–H groups in total. The summed E-state index contributed by atoms with van der Waals surface area (Å²) in [5.74, 6) is -0.235. The fraction of sp³-hybridized carbons (Fsp3) is 0.571. The summed E-state index contributed by atoms with van der Waals surface area (Å²) in [6, 6.07) is 8.15. The second kappa shape index (κ2) is 9.01. The van der Waals surface area contributed by atoms with Crippen molar-refractivity contribution in [2.24, 2.45) is 0 Å². The molecule has 0 unspecified atom stereocenters.